The zero-order valence-electron chi connectivity index (χ0n) is 22.0. The second kappa shape index (κ2) is 16.5. The van der Waals surface area contributed by atoms with Crippen LogP contribution in [0.3, 0.4) is 0 Å². The number of rotatable bonds is 16. The van der Waals surface area contributed by atoms with Crippen molar-refractivity contribution in [3.63, 3.8) is 0 Å². The van der Waals surface area contributed by atoms with Crippen LogP contribution in [-0.4, -0.2) is 25.2 Å². The van der Waals surface area contributed by atoms with Gasteiger partial charge in [-0.1, -0.05) is 54.4 Å². The number of esters is 2. The van der Waals surface area contributed by atoms with E-state index in [4.69, 9.17) is 9.47 Å². The highest BCUT2D eigenvalue weighted by Crippen LogP contribution is 2.31. The van der Waals surface area contributed by atoms with E-state index in [0.717, 1.165) is 63.2 Å². The van der Waals surface area contributed by atoms with Gasteiger partial charge in [0.1, 0.15) is 0 Å². The number of hydrogen-bond acceptors (Lipinski definition) is 4. The van der Waals surface area contributed by atoms with E-state index in [1.807, 2.05) is 0 Å². The standard InChI is InChI=1S/C28H52O4/c1-7-21(3)19-23(5)11-9-17-31-27(29)25-13-15-26(16-14-25)28(30)32-18-10-12-24(6)20-22(4)8-2/h21-26H,7-20H2,1-6H3. The quantitative estimate of drug-likeness (QED) is 0.179. The Balaban J connectivity index is 2.13. The summed E-state index contributed by atoms with van der Waals surface area (Å²) in [5, 5.41) is 0. The second-order valence-electron chi connectivity index (χ2n) is 10.9. The first kappa shape index (κ1) is 29.0. The first-order valence-electron chi connectivity index (χ1n) is 13.6. The van der Waals surface area contributed by atoms with Crippen LogP contribution in [-0.2, 0) is 19.1 Å². The van der Waals surface area contributed by atoms with Crippen LogP contribution in [0.2, 0.25) is 0 Å². The molecule has 0 N–H and O–H groups in total. The van der Waals surface area contributed by atoms with Crippen molar-refractivity contribution in [2.45, 2.75) is 119 Å². The van der Waals surface area contributed by atoms with Crippen molar-refractivity contribution in [3.05, 3.63) is 0 Å². The van der Waals surface area contributed by atoms with Crippen LogP contribution in [0.1, 0.15) is 119 Å². The predicted octanol–water partition coefficient (Wildman–Crippen LogP) is 7.58. The molecule has 0 saturated heterocycles. The molecule has 1 saturated carbocycles. The Morgan fingerprint density at radius 2 is 1.00 bits per heavy atom. The number of ether oxygens (including phenoxy) is 2. The monoisotopic (exact) mass is 452 g/mol. The number of carbonyl (C=O) groups is 2. The Kier molecular flexibility index (Phi) is 15.0. The minimum absolute atomic E-state index is 0.0435. The maximum absolute atomic E-state index is 12.4. The average molecular weight is 453 g/mol. The van der Waals surface area contributed by atoms with Crippen LogP contribution in [0, 0.1) is 35.5 Å². The van der Waals surface area contributed by atoms with Crippen molar-refractivity contribution < 1.29 is 19.1 Å². The van der Waals surface area contributed by atoms with E-state index in [1.54, 1.807) is 0 Å². The number of hydrogen-bond donors (Lipinski definition) is 0. The van der Waals surface area contributed by atoms with Crippen LogP contribution in [0.15, 0.2) is 0 Å². The zero-order valence-corrected chi connectivity index (χ0v) is 22.0. The normalized spacial score (nSPS) is 22.6. The minimum Gasteiger partial charge on any atom is -0.465 e. The van der Waals surface area contributed by atoms with E-state index in [0.29, 0.717) is 25.0 Å². The van der Waals surface area contributed by atoms with E-state index in [9.17, 15) is 9.59 Å². The van der Waals surface area contributed by atoms with Gasteiger partial charge in [-0.15, -0.1) is 0 Å². The predicted molar refractivity (Wildman–Crippen MR) is 132 cm³/mol. The van der Waals surface area contributed by atoms with E-state index in [1.165, 1.54) is 25.7 Å². The molecule has 0 bridgehead atoms. The summed E-state index contributed by atoms with van der Waals surface area (Å²) in [7, 11) is 0. The smallest absolute Gasteiger partial charge is 0.308 e. The molecule has 0 aromatic rings. The van der Waals surface area contributed by atoms with Gasteiger partial charge in [0, 0.05) is 0 Å². The lowest BCUT2D eigenvalue weighted by Gasteiger charge is -2.26. The molecular formula is C28H52O4. The van der Waals surface area contributed by atoms with Gasteiger partial charge < -0.3 is 9.47 Å². The van der Waals surface area contributed by atoms with Crippen LogP contribution >= 0.6 is 0 Å². The highest BCUT2D eigenvalue weighted by Gasteiger charge is 2.31. The fourth-order valence-corrected chi connectivity index (χ4v) is 4.95. The molecule has 0 amide bonds. The Morgan fingerprint density at radius 1 is 0.656 bits per heavy atom. The summed E-state index contributed by atoms with van der Waals surface area (Å²) in [6.45, 7) is 14.7. The molecule has 1 fully saturated rings. The first-order valence-corrected chi connectivity index (χ1v) is 13.6. The third-order valence-corrected chi connectivity index (χ3v) is 7.57. The molecule has 0 aliphatic heterocycles. The molecule has 1 aliphatic carbocycles. The molecule has 4 heteroatoms. The average Bonchev–Trinajstić information content (AvgIpc) is 2.79. The molecule has 0 radical (unpaired) electrons. The summed E-state index contributed by atoms with van der Waals surface area (Å²) in [4.78, 5) is 24.8. The lowest BCUT2D eigenvalue weighted by atomic mass is 9.82. The molecule has 4 atom stereocenters. The lowest BCUT2D eigenvalue weighted by Crippen LogP contribution is -2.28. The molecule has 4 nitrogen and oxygen atoms in total. The zero-order chi connectivity index (χ0) is 23.9. The molecular weight excluding hydrogens is 400 g/mol. The van der Waals surface area contributed by atoms with Crippen molar-refractivity contribution in [2.75, 3.05) is 13.2 Å². The highest BCUT2D eigenvalue weighted by atomic mass is 16.5. The highest BCUT2D eigenvalue weighted by molar-refractivity contribution is 5.75. The van der Waals surface area contributed by atoms with Crippen LogP contribution in [0.4, 0.5) is 0 Å². The largest absolute Gasteiger partial charge is 0.465 e. The molecule has 188 valence electrons. The number of carbonyl (C=O) groups excluding carboxylic acids is 2. The Morgan fingerprint density at radius 3 is 1.31 bits per heavy atom. The Hall–Kier alpha value is -1.06. The summed E-state index contributed by atoms with van der Waals surface area (Å²) >= 11 is 0. The van der Waals surface area contributed by atoms with Crippen molar-refractivity contribution in [1.29, 1.82) is 0 Å². The second-order valence-corrected chi connectivity index (χ2v) is 10.9. The van der Waals surface area contributed by atoms with Gasteiger partial charge in [0.05, 0.1) is 25.0 Å². The molecule has 1 aliphatic rings. The summed E-state index contributed by atoms with van der Waals surface area (Å²) < 4.78 is 11.1. The van der Waals surface area contributed by atoms with Crippen molar-refractivity contribution in [2.24, 2.45) is 35.5 Å². The molecule has 0 aromatic carbocycles. The van der Waals surface area contributed by atoms with Gasteiger partial charge in [-0.25, -0.2) is 0 Å². The molecule has 32 heavy (non-hydrogen) atoms. The van der Waals surface area contributed by atoms with Gasteiger partial charge in [0.15, 0.2) is 0 Å². The van der Waals surface area contributed by atoms with E-state index < -0.39 is 0 Å². The van der Waals surface area contributed by atoms with E-state index >= 15 is 0 Å². The maximum atomic E-state index is 12.4. The van der Waals surface area contributed by atoms with Crippen LogP contribution < -0.4 is 0 Å². The SMILES string of the molecule is CCC(C)CC(C)CCCOC(=O)C1CCC(C(=O)OCCCC(C)CC(C)CC)CC1. The van der Waals surface area contributed by atoms with Crippen LogP contribution in [0.5, 0.6) is 0 Å². The fourth-order valence-electron chi connectivity index (χ4n) is 4.95. The molecule has 0 heterocycles. The van der Waals surface area contributed by atoms with Crippen molar-refractivity contribution >= 4 is 11.9 Å². The fraction of sp³-hybridized carbons (Fsp3) is 0.929. The van der Waals surface area contributed by atoms with Gasteiger partial charge in [0.2, 0.25) is 0 Å². The van der Waals surface area contributed by atoms with Crippen molar-refractivity contribution in [3.8, 4) is 0 Å². The summed E-state index contributed by atoms with van der Waals surface area (Å²) in [5.74, 6) is 2.70. The third-order valence-electron chi connectivity index (χ3n) is 7.57. The first-order chi connectivity index (χ1) is 15.3. The summed E-state index contributed by atoms with van der Waals surface area (Å²) in [6, 6.07) is 0. The molecule has 0 aromatic heterocycles. The lowest BCUT2D eigenvalue weighted by molar-refractivity contribution is -0.155. The summed E-state index contributed by atoms with van der Waals surface area (Å²) in [5.41, 5.74) is 0. The van der Waals surface area contributed by atoms with Gasteiger partial charge in [0.25, 0.3) is 0 Å². The Bertz CT molecular complexity index is 464. The maximum Gasteiger partial charge on any atom is 0.308 e. The van der Waals surface area contributed by atoms with Gasteiger partial charge >= 0.3 is 11.9 Å². The molecule has 4 unspecified atom stereocenters. The van der Waals surface area contributed by atoms with Gasteiger partial charge in [-0.3, -0.25) is 9.59 Å². The van der Waals surface area contributed by atoms with Crippen molar-refractivity contribution in [1.82, 2.24) is 0 Å². The van der Waals surface area contributed by atoms with Gasteiger partial charge in [-0.05, 0) is 87.9 Å². The third kappa shape index (κ3) is 12.3. The summed E-state index contributed by atoms with van der Waals surface area (Å²) in [6.07, 6.45) is 12.1. The van der Waals surface area contributed by atoms with E-state index in [2.05, 4.69) is 41.5 Å². The molecule has 1 rings (SSSR count). The topological polar surface area (TPSA) is 52.6 Å². The minimum atomic E-state index is -0.0679. The van der Waals surface area contributed by atoms with Gasteiger partial charge in [-0.2, -0.15) is 0 Å². The van der Waals surface area contributed by atoms with Crippen LogP contribution in [0.25, 0.3) is 0 Å². The Labute approximate surface area is 198 Å². The molecule has 0 spiro atoms. The van der Waals surface area contributed by atoms with E-state index in [-0.39, 0.29) is 23.8 Å².